The van der Waals surface area contributed by atoms with E-state index in [2.05, 4.69) is 10.1 Å². The molecule has 0 bridgehead atoms. The summed E-state index contributed by atoms with van der Waals surface area (Å²) in [5.74, 6) is -1.76. The molecule has 5 nitrogen and oxygen atoms in total. The molecule has 1 unspecified atom stereocenters. The van der Waals surface area contributed by atoms with Crippen LogP contribution in [0.15, 0.2) is 42.5 Å². The molecule has 1 N–H and O–H groups in total. The number of hydrogen-bond acceptors (Lipinski definition) is 4. The molecule has 0 heterocycles. The number of rotatable bonds is 6. The van der Waals surface area contributed by atoms with Gasteiger partial charge in [-0.2, -0.15) is 8.78 Å². The lowest BCUT2D eigenvalue weighted by atomic mass is 10.1. The molecule has 2 rings (SSSR count). The minimum atomic E-state index is -3.08. The van der Waals surface area contributed by atoms with Crippen molar-refractivity contribution in [1.29, 1.82) is 0 Å². The average Bonchev–Trinajstić information content (AvgIpc) is 2.57. The van der Waals surface area contributed by atoms with E-state index in [0.717, 1.165) is 11.1 Å². The molecule has 0 fully saturated rings. The fourth-order valence-electron chi connectivity index (χ4n) is 2.22. The summed E-state index contributed by atoms with van der Waals surface area (Å²) in [6.07, 6.45) is -1.12. The fourth-order valence-corrected chi connectivity index (χ4v) is 2.22. The van der Waals surface area contributed by atoms with Crippen molar-refractivity contribution in [2.24, 2.45) is 0 Å². The summed E-state index contributed by atoms with van der Waals surface area (Å²) in [6, 6.07) is 11.0. The van der Waals surface area contributed by atoms with Gasteiger partial charge >= 0.3 is 12.6 Å². The molecular formula is C19H19F2NO4. The fraction of sp³-hybridized carbons (Fsp3) is 0.263. The maximum absolute atomic E-state index is 12.4. The zero-order valence-corrected chi connectivity index (χ0v) is 14.6. The van der Waals surface area contributed by atoms with E-state index >= 15 is 0 Å². The maximum atomic E-state index is 12.4. The summed E-state index contributed by atoms with van der Waals surface area (Å²) >= 11 is 0. The van der Waals surface area contributed by atoms with Crippen LogP contribution >= 0.6 is 0 Å². The Hall–Kier alpha value is -2.96. The van der Waals surface area contributed by atoms with Gasteiger partial charge in [-0.15, -0.1) is 0 Å². The zero-order valence-electron chi connectivity index (χ0n) is 14.6. The van der Waals surface area contributed by atoms with Crippen LogP contribution < -0.4 is 10.1 Å². The van der Waals surface area contributed by atoms with Gasteiger partial charge in [-0.3, -0.25) is 4.79 Å². The molecule has 1 amide bonds. The van der Waals surface area contributed by atoms with Crippen LogP contribution in [-0.4, -0.2) is 24.6 Å². The van der Waals surface area contributed by atoms with Gasteiger partial charge in [0.25, 0.3) is 5.91 Å². The van der Waals surface area contributed by atoms with Gasteiger partial charge in [-0.25, -0.2) is 4.79 Å². The Kier molecular flexibility index (Phi) is 6.27. The number of para-hydroxylation sites is 1. The number of carbonyl (C=O) groups is 2. The van der Waals surface area contributed by atoms with Gasteiger partial charge in [-0.05, 0) is 50.1 Å². The van der Waals surface area contributed by atoms with Crippen LogP contribution in [0, 0.1) is 13.8 Å². The molecule has 0 aliphatic rings. The number of amides is 1. The number of esters is 1. The van der Waals surface area contributed by atoms with Crippen LogP contribution in [0.1, 0.15) is 28.4 Å². The highest BCUT2D eigenvalue weighted by molar-refractivity contribution is 5.98. The smallest absolute Gasteiger partial charge is 0.387 e. The van der Waals surface area contributed by atoms with Crippen LogP contribution in [0.4, 0.5) is 14.5 Å². The number of ether oxygens (including phenoxy) is 2. The number of carbonyl (C=O) groups excluding carboxylic acids is 2. The first kappa shape index (κ1) is 19.4. The van der Waals surface area contributed by atoms with E-state index in [1.54, 1.807) is 6.07 Å². The van der Waals surface area contributed by atoms with Crippen LogP contribution in [0.3, 0.4) is 0 Å². The molecule has 0 aliphatic heterocycles. The number of alkyl halides is 2. The largest absolute Gasteiger partial charge is 0.449 e. The van der Waals surface area contributed by atoms with Crippen molar-refractivity contribution in [1.82, 2.24) is 0 Å². The highest BCUT2D eigenvalue weighted by Gasteiger charge is 2.22. The lowest BCUT2D eigenvalue weighted by Crippen LogP contribution is -2.30. The first-order valence-electron chi connectivity index (χ1n) is 7.91. The quantitative estimate of drug-likeness (QED) is 0.785. The number of anilines is 1. The van der Waals surface area contributed by atoms with Crippen molar-refractivity contribution in [2.45, 2.75) is 33.5 Å². The second-order valence-electron chi connectivity index (χ2n) is 5.73. The van der Waals surface area contributed by atoms with Crippen molar-refractivity contribution in [3.63, 3.8) is 0 Å². The molecule has 0 aliphatic carbocycles. The van der Waals surface area contributed by atoms with Crippen LogP contribution in [-0.2, 0) is 9.53 Å². The third-order valence-corrected chi connectivity index (χ3v) is 3.63. The number of benzene rings is 2. The average molecular weight is 363 g/mol. The minimum Gasteiger partial charge on any atom is -0.449 e. The van der Waals surface area contributed by atoms with E-state index in [9.17, 15) is 18.4 Å². The Bertz CT molecular complexity index is 808. The molecule has 0 saturated carbocycles. The third kappa shape index (κ3) is 5.02. The molecule has 0 aromatic heterocycles. The van der Waals surface area contributed by atoms with Crippen LogP contribution in [0.25, 0.3) is 0 Å². The van der Waals surface area contributed by atoms with Crippen molar-refractivity contribution < 1.29 is 27.8 Å². The first-order valence-corrected chi connectivity index (χ1v) is 7.91. The highest BCUT2D eigenvalue weighted by atomic mass is 19.3. The number of halogens is 2. The monoisotopic (exact) mass is 363 g/mol. The minimum absolute atomic E-state index is 0.181. The van der Waals surface area contributed by atoms with Gasteiger partial charge in [-0.1, -0.05) is 24.3 Å². The summed E-state index contributed by atoms with van der Waals surface area (Å²) in [7, 11) is 0. The van der Waals surface area contributed by atoms with Crippen molar-refractivity contribution in [3.05, 3.63) is 59.2 Å². The van der Waals surface area contributed by atoms with Gasteiger partial charge in [0.15, 0.2) is 6.10 Å². The van der Waals surface area contributed by atoms with Gasteiger partial charge in [0, 0.05) is 5.69 Å². The van der Waals surface area contributed by atoms with Crippen LogP contribution in [0.5, 0.6) is 5.75 Å². The Morgan fingerprint density at radius 1 is 1.08 bits per heavy atom. The summed E-state index contributed by atoms with van der Waals surface area (Å²) in [5, 5.41) is 2.69. The van der Waals surface area contributed by atoms with E-state index in [1.165, 1.54) is 31.2 Å². The molecule has 2 aromatic rings. The molecule has 0 saturated heterocycles. The Morgan fingerprint density at radius 2 is 1.77 bits per heavy atom. The SMILES string of the molecule is Cc1ccc(C)c(NC(=O)C(C)OC(=O)c2ccccc2OC(F)F)c1. The number of nitrogens with one attached hydrogen (secondary N) is 1. The van der Waals surface area contributed by atoms with E-state index in [-0.39, 0.29) is 11.3 Å². The Balaban J connectivity index is 2.07. The van der Waals surface area contributed by atoms with Crippen molar-refractivity contribution >= 4 is 17.6 Å². The predicted octanol–water partition coefficient (Wildman–Crippen LogP) is 4.09. The van der Waals surface area contributed by atoms with Gasteiger partial charge in [0.2, 0.25) is 0 Å². The maximum Gasteiger partial charge on any atom is 0.387 e. The molecule has 138 valence electrons. The topological polar surface area (TPSA) is 64.6 Å². The van der Waals surface area contributed by atoms with Crippen molar-refractivity contribution in [2.75, 3.05) is 5.32 Å². The highest BCUT2D eigenvalue weighted by Crippen LogP contribution is 2.22. The molecule has 1 atom stereocenters. The summed E-state index contributed by atoms with van der Waals surface area (Å²) in [4.78, 5) is 24.5. The molecular weight excluding hydrogens is 344 g/mol. The molecule has 26 heavy (non-hydrogen) atoms. The predicted molar refractivity (Wildman–Crippen MR) is 92.5 cm³/mol. The second-order valence-corrected chi connectivity index (χ2v) is 5.73. The first-order chi connectivity index (χ1) is 12.3. The Morgan fingerprint density at radius 3 is 2.46 bits per heavy atom. The van der Waals surface area contributed by atoms with E-state index in [1.807, 2.05) is 26.0 Å². The lowest BCUT2D eigenvalue weighted by molar-refractivity contribution is -0.123. The third-order valence-electron chi connectivity index (χ3n) is 3.63. The molecule has 7 heteroatoms. The summed E-state index contributed by atoms with van der Waals surface area (Å²) in [6.45, 7) is 2.05. The summed E-state index contributed by atoms with van der Waals surface area (Å²) in [5.41, 5.74) is 2.25. The number of aryl methyl sites for hydroxylation is 2. The normalized spacial score (nSPS) is 11.8. The lowest BCUT2D eigenvalue weighted by Gasteiger charge is -2.16. The molecule has 0 spiro atoms. The van der Waals surface area contributed by atoms with E-state index < -0.39 is 24.6 Å². The van der Waals surface area contributed by atoms with Gasteiger partial charge in [0.05, 0.1) is 0 Å². The Labute approximate surface area is 149 Å². The molecule has 0 radical (unpaired) electrons. The van der Waals surface area contributed by atoms with E-state index in [4.69, 9.17) is 4.74 Å². The molecule has 2 aromatic carbocycles. The zero-order chi connectivity index (χ0) is 19.3. The standard InChI is InChI=1S/C19H19F2NO4/c1-11-8-9-12(2)15(10-11)22-17(23)13(3)25-18(24)14-6-4-5-7-16(14)26-19(20)21/h4-10,13,19H,1-3H3,(H,22,23). The second kappa shape index (κ2) is 8.42. The van der Waals surface area contributed by atoms with Gasteiger partial charge in [0.1, 0.15) is 11.3 Å². The van der Waals surface area contributed by atoms with Crippen LogP contribution in [0.2, 0.25) is 0 Å². The van der Waals surface area contributed by atoms with Gasteiger partial charge < -0.3 is 14.8 Å². The summed E-state index contributed by atoms with van der Waals surface area (Å²) < 4.78 is 34.2. The number of hydrogen-bond donors (Lipinski definition) is 1. The van der Waals surface area contributed by atoms with Crippen molar-refractivity contribution in [3.8, 4) is 5.75 Å². The van der Waals surface area contributed by atoms with E-state index in [0.29, 0.717) is 5.69 Å².